The minimum atomic E-state index is -4.49. The lowest BCUT2D eigenvalue weighted by Crippen LogP contribution is -2.45. The number of esters is 1. The molecule has 2 rings (SSSR count). The Balaban J connectivity index is 1.72. The van der Waals surface area contributed by atoms with Gasteiger partial charge in [-0.1, -0.05) is 26.7 Å². The molecule has 1 fully saturated rings. The molecule has 0 radical (unpaired) electrons. The normalized spacial score (nSPS) is 21.9. The summed E-state index contributed by atoms with van der Waals surface area (Å²) in [6.45, 7) is 3.27. The van der Waals surface area contributed by atoms with E-state index in [-0.39, 0.29) is 11.6 Å². The lowest BCUT2D eigenvalue weighted by molar-refractivity contribution is -0.147. The number of benzene rings is 1. The summed E-state index contributed by atoms with van der Waals surface area (Å²) in [5.74, 6) is -1.09. The van der Waals surface area contributed by atoms with E-state index in [2.05, 4.69) is 24.5 Å². The molecular weight excluding hydrogens is 389 g/mol. The molecule has 1 aromatic carbocycles. The van der Waals surface area contributed by atoms with E-state index in [0.717, 1.165) is 43.5 Å². The molecule has 2 amide bonds. The van der Waals surface area contributed by atoms with E-state index in [0.29, 0.717) is 11.8 Å². The number of alkyl halides is 3. The lowest BCUT2D eigenvalue weighted by Gasteiger charge is -2.34. The predicted molar refractivity (Wildman–Crippen MR) is 98.8 cm³/mol. The zero-order chi connectivity index (χ0) is 21.6. The molecule has 0 aromatic heterocycles. The third-order valence-electron chi connectivity index (χ3n) is 5.29. The second-order valence-electron chi connectivity index (χ2n) is 7.36. The van der Waals surface area contributed by atoms with Crippen LogP contribution in [0.1, 0.15) is 49.0 Å². The van der Waals surface area contributed by atoms with E-state index in [4.69, 9.17) is 4.74 Å². The average Bonchev–Trinajstić information content (AvgIpc) is 2.67. The van der Waals surface area contributed by atoms with Crippen LogP contribution in [0.2, 0.25) is 0 Å². The van der Waals surface area contributed by atoms with Crippen molar-refractivity contribution in [3.05, 3.63) is 35.4 Å². The van der Waals surface area contributed by atoms with Crippen molar-refractivity contribution in [2.24, 2.45) is 11.8 Å². The summed E-state index contributed by atoms with van der Waals surface area (Å²) in [5, 5.41) is 5.12. The van der Waals surface area contributed by atoms with E-state index in [9.17, 15) is 27.6 Å². The first-order valence-corrected chi connectivity index (χ1v) is 9.48. The number of carbonyl (C=O) groups is 3. The smallest absolute Gasteiger partial charge is 0.416 e. The van der Waals surface area contributed by atoms with Crippen LogP contribution in [0.4, 0.5) is 13.2 Å². The maximum Gasteiger partial charge on any atom is 0.416 e. The summed E-state index contributed by atoms with van der Waals surface area (Å²) in [6.07, 6.45) is -1.45. The first-order valence-electron chi connectivity index (χ1n) is 9.48. The van der Waals surface area contributed by atoms with Crippen LogP contribution in [-0.2, 0) is 20.5 Å². The number of rotatable bonds is 6. The van der Waals surface area contributed by atoms with E-state index in [1.807, 2.05) is 0 Å². The SMILES string of the molecule is C[C@@H]1[C@H](C)CCC[C@@H]1NC(=O)COC(=O)CNC(=O)c1ccc(C(F)(F)F)cc1. The number of hydrogen-bond acceptors (Lipinski definition) is 4. The minimum Gasteiger partial charge on any atom is -0.454 e. The average molecular weight is 414 g/mol. The van der Waals surface area contributed by atoms with Gasteiger partial charge in [-0.2, -0.15) is 13.2 Å². The second-order valence-corrected chi connectivity index (χ2v) is 7.36. The third-order valence-corrected chi connectivity index (χ3v) is 5.29. The van der Waals surface area contributed by atoms with E-state index in [1.165, 1.54) is 0 Å². The summed E-state index contributed by atoms with van der Waals surface area (Å²) in [5.41, 5.74) is -0.898. The molecule has 0 saturated heterocycles. The molecule has 1 saturated carbocycles. The Morgan fingerprint density at radius 2 is 1.76 bits per heavy atom. The molecule has 6 nitrogen and oxygen atoms in total. The van der Waals surface area contributed by atoms with Gasteiger partial charge in [0.2, 0.25) is 0 Å². The van der Waals surface area contributed by atoms with Crippen molar-refractivity contribution in [2.75, 3.05) is 13.2 Å². The van der Waals surface area contributed by atoms with Gasteiger partial charge in [0, 0.05) is 11.6 Å². The lowest BCUT2D eigenvalue weighted by atomic mass is 9.78. The summed E-state index contributed by atoms with van der Waals surface area (Å²) < 4.78 is 42.4. The molecule has 9 heteroatoms. The van der Waals surface area contributed by atoms with Gasteiger partial charge in [0.1, 0.15) is 6.54 Å². The fourth-order valence-corrected chi connectivity index (χ4v) is 3.30. The van der Waals surface area contributed by atoms with Crippen molar-refractivity contribution in [3.8, 4) is 0 Å². The van der Waals surface area contributed by atoms with Gasteiger partial charge >= 0.3 is 12.1 Å². The Labute approximate surface area is 167 Å². The second kappa shape index (κ2) is 9.76. The van der Waals surface area contributed by atoms with Crippen molar-refractivity contribution in [1.82, 2.24) is 10.6 Å². The van der Waals surface area contributed by atoms with Crippen LogP contribution in [0.5, 0.6) is 0 Å². The van der Waals surface area contributed by atoms with Gasteiger partial charge < -0.3 is 15.4 Å². The number of ether oxygens (including phenoxy) is 1. The van der Waals surface area contributed by atoms with E-state index >= 15 is 0 Å². The maximum absolute atomic E-state index is 12.5. The number of amides is 2. The highest BCUT2D eigenvalue weighted by Crippen LogP contribution is 2.30. The van der Waals surface area contributed by atoms with Gasteiger partial charge in [-0.25, -0.2) is 0 Å². The first kappa shape index (κ1) is 22.7. The largest absolute Gasteiger partial charge is 0.454 e. The van der Waals surface area contributed by atoms with Crippen molar-refractivity contribution < 1.29 is 32.3 Å². The first-order chi connectivity index (χ1) is 13.6. The molecule has 0 spiro atoms. The van der Waals surface area contributed by atoms with E-state index in [1.54, 1.807) is 0 Å². The topological polar surface area (TPSA) is 84.5 Å². The molecule has 29 heavy (non-hydrogen) atoms. The van der Waals surface area contributed by atoms with Gasteiger partial charge in [-0.05, 0) is 42.5 Å². The van der Waals surface area contributed by atoms with Gasteiger partial charge in [0.25, 0.3) is 11.8 Å². The Hall–Kier alpha value is -2.58. The monoisotopic (exact) mass is 414 g/mol. The zero-order valence-electron chi connectivity index (χ0n) is 16.3. The Morgan fingerprint density at radius 1 is 1.10 bits per heavy atom. The summed E-state index contributed by atoms with van der Waals surface area (Å²) in [6, 6.07) is 3.64. The summed E-state index contributed by atoms with van der Waals surface area (Å²) in [7, 11) is 0. The molecule has 0 bridgehead atoms. The standard InChI is InChI=1S/C20H25F3N2O4/c1-12-4-3-5-16(13(12)2)25-17(26)11-29-18(27)10-24-19(28)14-6-8-15(9-7-14)20(21,22)23/h6-9,12-13,16H,3-5,10-11H2,1-2H3,(H,24,28)(H,25,26)/t12-,13-,16+/m1/s1. The van der Waals surface area contributed by atoms with Crippen LogP contribution in [0, 0.1) is 11.8 Å². The van der Waals surface area contributed by atoms with Crippen LogP contribution < -0.4 is 10.6 Å². The Bertz CT molecular complexity index is 734. The fourth-order valence-electron chi connectivity index (χ4n) is 3.30. The number of carbonyl (C=O) groups excluding carboxylic acids is 3. The molecule has 0 heterocycles. The predicted octanol–water partition coefficient (Wildman–Crippen LogP) is 2.92. The quantitative estimate of drug-likeness (QED) is 0.701. The Morgan fingerprint density at radius 3 is 2.38 bits per heavy atom. The minimum absolute atomic E-state index is 0.0241. The zero-order valence-corrected chi connectivity index (χ0v) is 16.3. The third kappa shape index (κ3) is 6.76. The molecule has 3 atom stereocenters. The number of halogens is 3. The molecule has 1 aromatic rings. The highest BCUT2D eigenvalue weighted by molar-refractivity contribution is 5.96. The number of nitrogens with one attached hydrogen (secondary N) is 2. The molecule has 0 aliphatic heterocycles. The van der Waals surface area contributed by atoms with Gasteiger partial charge in [0.15, 0.2) is 6.61 Å². The molecule has 2 N–H and O–H groups in total. The molecule has 160 valence electrons. The van der Waals surface area contributed by atoms with Crippen LogP contribution in [-0.4, -0.2) is 37.0 Å². The fraction of sp³-hybridized carbons (Fsp3) is 0.550. The highest BCUT2D eigenvalue weighted by atomic mass is 19.4. The number of hydrogen-bond donors (Lipinski definition) is 2. The van der Waals surface area contributed by atoms with Gasteiger partial charge in [-0.15, -0.1) is 0 Å². The van der Waals surface area contributed by atoms with Crippen molar-refractivity contribution >= 4 is 17.8 Å². The van der Waals surface area contributed by atoms with Gasteiger partial charge in [0.05, 0.1) is 5.56 Å². The summed E-state index contributed by atoms with van der Waals surface area (Å²) in [4.78, 5) is 35.6. The van der Waals surface area contributed by atoms with Crippen LogP contribution in [0.15, 0.2) is 24.3 Å². The Kier molecular flexibility index (Phi) is 7.64. The highest BCUT2D eigenvalue weighted by Gasteiger charge is 2.30. The van der Waals surface area contributed by atoms with Crippen LogP contribution in [0.3, 0.4) is 0 Å². The molecular formula is C20H25F3N2O4. The van der Waals surface area contributed by atoms with E-state index < -0.39 is 42.7 Å². The van der Waals surface area contributed by atoms with Crippen molar-refractivity contribution in [2.45, 2.75) is 45.3 Å². The molecule has 1 aliphatic carbocycles. The van der Waals surface area contributed by atoms with Crippen LogP contribution >= 0.6 is 0 Å². The molecule has 1 aliphatic rings. The van der Waals surface area contributed by atoms with Gasteiger partial charge in [-0.3, -0.25) is 14.4 Å². The van der Waals surface area contributed by atoms with Crippen molar-refractivity contribution in [1.29, 1.82) is 0 Å². The van der Waals surface area contributed by atoms with Crippen molar-refractivity contribution in [3.63, 3.8) is 0 Å². The molecule has 0 unspecified atom stereocenters. The van der Waals surface area contributed by atoms with Crippen LogP contribution in [0.25, 0.3) is 0 Å². The maximum atomic E-state index is 12.5. The summed E-state index contributed by atoms with van der Waals surface area (Å²) >= 11 is 0.